The number of ketones is 2. The van der Waals surface area contributed by atoms with Crippen molar-refractivity contribution in [3.8, 4) is 0 Å². The maximum atomic E-state index is 11.5. The van der Waals surface area contributed by atoms with Crippen LogP contribution < -0.4 is 28.7 Å². The van der Waals surface area contributed by atoms with E-state index in [0.29, 0.717) is 59.6 Å². The van der Waals surface area contributed by atoms with Crippen molar-refractivity contribution in [2.24, 2.45) is 0 Å². The molecule has 3 fully saturated rings. The van der Waals surface area contributed by atoms with Crippen molar-refractivity contribution in [1.82, 2.24) is 43.8 Å². The van der Waals surface area contributed by atoms with Gasteiger partial charge in [0, 0.05) is 58.0 Å². The number of halogens is 1. The van der Waals surface area contributed by atoms with Crippen molar-refractivity contribution < 1.29 is 58.0 Å². The first-order valence-electron chi connectivity index (χ1n) is 17.9. The van der Waals surface area contributed by atoms with E-state index >= 15 is 0 Å². The largest absolute Gasteiger partial charge is 1.00 e. The Bertz CT molecular complexity index is 2130. The minimum atomic E-state index is -1.02. The number of aromatic carboxylic acids is 1. The number of Topliss-reactive ketones (excluding diaryl/α,β-unsaturated/α-hetero) is 2. The molecule has 3 aliphatic heterocycles. The zero-order valence-corrected chi connectivity index (χ0v) is 32.8. The second-order valence-corrected chi connectivity index (χ2v) is 13.0. The Morgan fingerprint density at radius 1 is 0.596 bits per heavy atom. The molecule has 9 rings (SSSR count). The molecule has 6 aromatic rings. The Balaban J connectivity index is 0.000000175. The maximum absolute atomic E-state index is 11.5. The van der Waals surface area contributed by atoms with E-state index in [1.54, 1.807) is 29.2 Å². The SMILES string of the molecule is C1CCOCC1.CC(=O)c1cnn2ccc(Cl)nc12.CC(=O)c1cnn2ccc(N3CCOCC3)nc12.O=C(O)c1cnn2ccc(N3CCOCC3)nc12.[Li+].[OH-]. The molecule has 2 N–H and O–H groups in total. The van der Waals surface area contributed by atoms with Crippen molar-refractivity contribution in [3.05, 3.63) is 77.2 Å². The number of carbonyl (C=O) groups is 3. The van der Waals surface area contributed by atoms with Crippen molar-refractivity contribution in [3.63, 3.8) is 0 Å². The van der Waals surface area contributed by atoms with E-state index in [1.807, 2.05) is 18.3 Å². The normalized spacial score (nSPS) is 15.1. The number of hydrogen-bond donors (Lipinski definition) is 1. The molecule has 0 spiro atoms. The van der Waals surface area contributed by atoms with Crippen LogP contribution in [-0.2, 0) is 14.2 Å². The van der Waals surface area contributed by atoms with Gasteiger partial charge in [-0.2, -0.15) is 15.3 Å². The summed E-state index contributed by atoms with van der Waals surface area (Å²) in [7, 11) is 0. The van der Waals surface area contributed by atoms with Gasteiger partial charge in [0.05, 0.1) is 56.1 Å². The molecule has 3 saturated heterocycles. The average molecular weight is 800 g/mol. The molecule has 3 aliphatic rings. The Morgan fingerprint density at radius 3 is 1.37 bits per heavy atom. The molecule has 0 saturated carbocycles. The smallest absolute Gasteiger partial charge is 0.870 e. The van der Waals surface area contributed by atoms with Gasteiger partial charge in [-0.3, -0.25) is 9.59 Å². The number of hydrogen-bond acceptors (Lipinski definition) is 15. The van der Waals surface area contributed by atoms with Crippen molar-refractivity contribution in [2.45, 2.75) is 33.1 Å². The molecule has 0 atom stereocenters. The molecule has 0 aliphatic carbocycles. The van der Waals surface area contributed by atoms with E-state index in [1.165, 1.54) is 54.5 Å². The van der Waals surface area contributed by atoms with Crippen molar-refractivity contribution >= 4 is 57.7 Å². The third kappa shape index (κ3) is 11.5. The molecule has 6 aromatic heterocycles. The average Bonchev–Trinajstić information content (AvgIpc) is 3.96. The number of carboxylic acid groups (broad SMARTS) is 1. The van der Waals surface area contributed by atoms with E-state index < -0.39 is 5.97 Å². The fraction of sp³-hybridized carbons (Fsp3) is 0.417. The first kappa shape index (κ1) is 44.7. The summed E-state index contributed by atoms with van der Waals surface area (Å²) >= 11 is 5.69. The monoisotopic (exact) mass is 799 g/mol. The van der Waals surface area contributed by atoms with E-state index in [-0.39, 0.29) is 41.5 Å². The number of fused-ring (bicyclic) bond motifs is 3. The third-order valence-corrected chi connectivity index (χ3v) is 8.99. The summed E-state index contributed by atoms with van der Waals surface area (Å²) < 4.78 is 20.3. The van der Waals surface area contributed by atoms with Gasteiger partial charge in [0.25, 0.3) is 0 Å². The van der Waals surface area contributed by atoms with Gasteiger partial charge in [-0.1, -0.05) is 11.6 Å². The van der Waals surface area contributed by atoms with E-state index in [2.05, 4.69) is 40.0 Å². The first-order valence-corrected chi connectivity index (χ1v) is 18.2. The van der Waals surface area contributed by atoms with Gasteiger partial charge in [0.2, 0.25) is 0 Å². The molecule has 0 unspecified atom stereocenters. The van der Waals surface area contributed by atoms with Crippen LogP contribution >= 0.6 is 11.6 Å². The summed E-state index contributed by atoms with van der Waals surface area (Å²) in [6, 6.07) is 5.36. The molecular weight excluding hydrogens is 757 g/mol. The molecule has 21 heteroatoms. The number of anilines is 2. The second kappa shape index (κ2) is 21.5. The standard InChI is InChI=1S/C12H14N4O2.C11H12N4O3.C8H6ClN3O.C5H10O.Li.H2O/c1-9(17)10-8-13-16-3-2-11(14-12(10)16)15-4-6-18-7-5-15;16-11(17)8-7-12-15-2-1-9(13-10(8)15)14-3-5-18-6-4-14;1-5(13)6-4-10-12-3-2-7(9)11-8(6)12;1-2-4-6-5-3-1;;/h2-3,8H,4-7H2,1H3;1-2,7H,3-6H2,(H,16,17);2-4H,1H3;1-5H2;;1H2/q;;;;+1;/p-1. The van der Waals surface area contributed by atoms with Gasteiger partial charge < -0.3 is 34.6 Å². The van der Waals surface area contributed by atoms with Crippen LogP contribution in [0.3, 0.4) is 0 Å². The van der Waals surface area contributed by atoms with Crippen LogP contribution in [-0.4, -0.2) is 138 Å². The molecule has 19 nitrogen and oxygen atoms in total. The van der Waals surface area contributed by atoms with Gasteiger partial charge in [-0.15, -0.1) is 0 Å². The third-order valence-electron chi connectivity index (χ3n) is 8.78. The van der Waals surface area contributed by atoms with Crippen LogP contribution in [0.5, 0.6) is 0 Å². The van der Waals surface area contributed by atoms with Crippen LogP contribution in [0.1, 0.15) is 64.2 Å². The minimum Gasteiger partial charge on any atom is -0.870 e. The quantitative estimate of drug-likeness (QED) is 0.143. The van der Waals surface area contributed by atoms with Crippen LogP contribution in [0.25, 0.3) is 16.9 Å². The first-order chi connectivity index (χ1) is 26.7. The van der Waals surface area contributed by atoms with Crippen LogP contribution in [0, 0.1) is 0 Å². The number of carbonyl (C=O) groups excluding carboxylic acids is 2. The fourth-order valence-electron chi connectivity index (χ4n) is 5.84. The van der Waals surface area contributed by atoms with Crippen LogP contribution in [0.4, 0.5) is 11.6 Å². The fourth-order valence-corrected chi connectivity index (χ4v) is 5.97. The summed E-state index contributed by atoms with van der Waals surface area (Å²) in [5.41, 5.74) is 2.65. The molecular formula is C36H43ClLiN11O8. The molecule has 0 bridgehead atoms. The van der Waals surface area contributed by atoms with Gasteiger partial charge in [0.15, 0.2) is 28.5 Å². The maximum Gasteiger partial charge on any atom is 1.00 e. The zero-order chi connectivity index (χ0) is 38.7. The Kier molecular flexibility index (Phi) is 16.9. The number of morpholine rings is 2. The zero-order valence-electron chi connectivity index (χ0n) is 32.0. The predicted molar refractivity (Wildman–Crippen MR) is 204 cm³/mol. The topological polar surface area (TPSA) is 226 Å². The minimum absolute atomic E-state index is 0. The van der Waals surface area contributed by atoms with E-state index in [0.717, 1.165) is 51.0 Å². The summed E-state index contributed by atoms with van der Waals surface area (Å²) in [6.07, 6.45) is 13.5. The van der Waals surface area contributed by atoms with Gasteiger partial charge >= 0.3 is 24.8 Å². The van der Waals surface area contributed by atoms with E-state index in [9.17, 15) is 14.4 Å². The van der Waals surface area contributed by atoms with Crippen molar-refractivity contribution in [2.75, 3.05) is 75.6 Å². The van der Waals surface area contributed by atoms with Crippen LogP contribution in [0.15, 0.2) is 55.4 Å². The summed E-state index contributed by atoms with van der Waals surface area (Å²) in [5, 5.41) is 21.4. The summed E-state index contributed by atoms with van der Waals surface area (Å²) in [5.74, 6) is 0.528. The van der Waals surface area contributed by atoms with Crippen molar-refractivity contribution in [1.29, 1.82) is 0 Å². The van der Waals surface area contributed by atoms with Gasteiger partial charge in [0.1, 0.15) is 22.4 Å². The number of aromatic nitrogens is 9. The second-order valence-electron chi connectivity index (χ2n) is 12.6. The molecule has 0 radical (unpaired) electrons. The Hall–Kier alpha value is -5.00. The van der Waals surface area contributed by atoms with E-state index in [4.69, 9.17) is 30.9 Å². The summed E-state index contributed by atoms with van der Waals surface area (Å²) in [6.45, 7) is 10.9. The number of nitrogens with zero attached hydrogens (tertiary/aromatic N) is 11. The van der Waals surface area contributed by atoms with Crippen LogP contribution in [0.2, 0.25) is 5.15 Å². The van der Waals surface area contributed by atoms with Gasteiger partial charge in [-0.05, 0) is 51.3 Å². The molecule has 0 aromatic carbocycles. The van der Waals surface area contributed by atoms with Gasteiger partial charge in [-0.25, -0.2) is 33.3 Å². The number of rotatable bonds is 5. The predicted octanol–water partition coefficient (Wildman–Crippen LogP) is 0.632. The molecule has 298 valence electrons. The Morgan fingerprint density at radius 2 is 0.982 bits per heavy atom. The summed E-state index contributed by atoms with van der Waals surface area (Å²) in [4.78, 5) is 50.7. The molecule has 57 heavy (non-hydrogen) atoms. The molecule has 9 heterocycles. The number of ether oxygens (including phenoxy) is 3. The molecule has 0 amide bonds. The Labute approximate surface area is 344 Å². The number of carboxylic acids is 1.